The van der Waals surface area contributed by atoms with Crippen LogP contribution in [0.5, 0.6) is 0 Å². The van der Waals surface area contributed by atoms with Crippen LogP contribution in [-0.2, 0) is 17.9 Å². The van der Waals surface area contributed by atoms with Gasteiger partial charge in [0.2, 0.25) is 11.9 Å². The van der Waals surface area contributed by atoms with Crippen LogP contribution < -0.4 is 15.1 Å². The molecule has 4 heterocycles. The molecule has 0 radical (unpaired) electrons. The van der Waals surface area contributed by atoms with Gasteiger partial charge in [-0.05, 0) is 49.4 Å². The van der Waals surface area contributed by atoms with Crippen molar-refractivity contribution >= 4 is 35.1 Å². The average molecular weight is 553 g/mol. The quantitative estimate of drug-likeness (QED) is 0.447. The smallest absolute Gasteiger partial charge is 0.326 e. The number of carbonyl (C=O) groups is 2. The number of likely N-dealkylation sites (N-methyl/N-ethyl adjacent to an activating group) is 1. The Balaban J connectivity index is 1.24. The highest BCUT2D eigenvalue weighted by atomic mass is 16.2. The molecule has 0 spiro atoms. The van der Waals surface area contributed by atoms with E-state index < -0.39 is 0 Å². The van der Waals surface area contributed by atoms with Crippen molar-refractivity contribution < 1.29 is 9.59 Å². The molecule has 0 bridgehead atoms. The summed E-state index contributed by atoms with van der Waals surface area (Å²) >= 11 is 0. The van der Waals surface area contributed by atoms with Gasteiger partial charge in [0.05, 0.1) is 12.6 Å². The van der Waals surface area contributed by atoms with E-state index in [0.717, 1.165) is 43.0 Å². The first-order valence-corrected chi connectivity index (χ1v) is 14.2. The van der Waals surface area contributed by atoms with Crippen molar-refractivity contribution in [3.05, 3.63) is 84.6 Å². The molecule has 0 aliphatic carbocycles. The Hall–Kier alpha value is -4.44. The molecule has 2 fully saturated rings. The SMILES string of the molecule is C=CC(=O)N1CC[C@H](N2C(=O)N(Cc3ccccc3)Cc3cnc(Nc4ccc(N5CCN(C)CC5)cc4)nc32)C1. The van der Waals surface area contributed by atoms with E-state index in [4.69, 9.17) is 4.98 Å². The highest BCUT2D eigenvalue weighted by Gasteiger charge is 2.40. The van der Waals surface area contributed by atoms with Crippen molar-refractivity contribution in [1.82, 2.24) is 24.7 Å². The summed E-state index contributed by atoms with van der Waals surface area (Å²) in [6.07, 6.45) is 3.81. The Kier molecular flexibility index (Phi) is 7.56. The van der Waals surface area contributed by atoms with E-state index in [1.165, 1.54) is 11.8 Å². The van der Waals surface area contributed by atoms with Crippen molar-refractivity contribution in [2.24, 2.45) is 0 Å². The van der Waals surface area contributed by atoms with Crippen LogP contribution in [0.3, 0.4) is 0 Å². The summed E-state index contributed by atoms with van der Waals surface area (Å²) in [7, 11) is 2.15. The lowest BCUT2D eigenvalue weighted by Crippen LogP contribution is -2.52. The highest BCUT2D eigenvalue weighted by molar-refractivity contribution is 5.95. The van der Waals surface area contributed by atoms with Crippen molar-refractivity contribution in [2.45, 2.75) is 25.6 Å². The van der Waals surface area contributed by atoms with Gasteiger partial charge in [0.25, 0.3) is 0 Å². The fourth-order valence-electron chi connectivity index (χ4n) is 5.78. The molecule has 10 nitrogen and oxygen atoms in total. The summed E-state index contributed by atoms with van der Waals surface area (Å²) in [6, 6.07) is 18.0. The van der Waals surface area contributed by atoms with Crippen LogP contribution in [0.1, 0.15) is 17.5 Å². The maximum Gasteiger partial charge on any atom is 0.326 e. The van der Waals surface area contributed by atoms with E-state index in [1.807, 2.05) is 53.6 Å². The summed E-state index contributed by atoms with van der Waals surface area (Å²) in [4.78, 5) is 45.8. The normalized spacial score (nSPS) is 19.3. The Bertz CT molecular complexity index is 1410. The van der Waals surface area contributed by atoms with Crippen LogP contribution in [0, 0.1) is 0 Å². The molecule has 212 valence electrons. The fraction of sp³-hybridized carbons (Fsp3) is 0.355. The summed E-state index contributed by atoms with van der Waals surface area (Å²) in [5.74, 6) is 0.912. The molecule has 3 aliphatic heterocycles. The molecule has 1 atom stereocenters. The van der Waals surface area contributed by atoms with Crippen molar-refractivity contribution in [3.63, 3.8) is 0 Å². The van der Waals surface area contributed by atoms with Crippen LogP contribution in [0.25, 0.3) is 0 Å². The van der Waals surface area contributed by atoms with E-state index in [2.05, 4.69) is 45.9 Å². The number of piperazine rings is 1. The van der Waals surface area contributed by atoms with Gasteiger partial charge in [-0.25, -0.2) is 9.78 Å². The first kappa shape index (κ1) is 26.8. The summed E-state index contributed by atoms with van der Waals surface area (Å²) < 4.78 is 0. The Morgan fingerprint density at radius 3 is 2.54 bits per heavy atom. The molecule has 3 aliphatic rings. The fourth-order valence-corrected chi connectivity index (χ4v) is 5.78. The lowest BCUT2D eigenvalue weighted by atomic mass is 10.1. The number of nitrogens with one attached hydrogen (secondary N) is 1. The zero-order chi connectivity index (χ0) is 28.3. The number of hydrogen-bond acceptors (Lipinski definition) is 7. The van der Waals surface area contributed by atoms with Gasteiger partial charge in [-0.15, -0.1) is 0 Å². The Morgan fingerprint density at radius 2 is 1.80 bits per heavy atom. The first-order valence-electron chi connectivity index (χ1n) is 14.2. The second-order valence-electron chi connectivity index (χ2n) is 10.9. The first-order chi connectivity index (χ1) is 20.0. The average Bonchev–Trinajstić information content (AvgIpc) is 3.49. The monoisotopic (exact) mass is 552 g/mol. The van der Waals surface area contributed by atoms with E-state index in [9.17, 15) is 9.59 Å². The minimum atomic E-state index is -0.186. The number of benzene rings is 2. The summed E-state index contributed by atoms with van der Waals surface area (Å²) in [6.45, 7) is 9.68. The second kappa shape index (κ2) is 11.6. The summed E-state index contributed by atoms with van der Waals surface area (Å²) in [5.41, 5.74) is 4.01. The number of likely N-dealkylation sites (tertiary alicyclic amines) is 1. The minimum absolute atomic E-state index is 0.111. The van der Waals surface area contributed by atoms with E-state index in [-0.39, 0.29) is 18.0 Å². The van der Waals surface area contributed by atoms with E-state index in [1.54, 1.807) is 9.80 Å². The van der Waals surface area contributed by atoms with Gasteiger partial charge in [-0.1, -0.05) is 36.9 Å². The molecule has 2 aromatic carbocycles. The molecule has 1 N–H and O–H groups in total. The molecule has 41 heavy (non-hydrogen) atoms. The van der Waals surface area contributed by atoms with Crippen molar-refractivity contribution in [3.8, 4) is 0 Å². The second-order valence-corrected chi connectivity index (χ2v) is 10.9. The maximum atomic E-state index is 13.9. The van der Waals surface area contributed by atoms with Crippen molar-refractivity contribution in [1.29, 1.82) is 0 Å². The standard InChI is InChI=1S/C31H36N8O2/c1-3-28(40)37-14-13-27(22-37)39-29-24(21-38(31(39)41)20-23-7-5-4-6-8-23)19-32-30(34-29)33-25-9-11-26(12-10-25)36-17-15-35(2)16-18-36/h3-12,19,27H,1,13-18,20-22H2,2H3,(H,32,33,34)/t27-/m0/s1. The highest BCUT2D eigenvalue weighted by Crippen LogP contribution is 2.33. The third-order valence-corrected chi connectivity index (χ3v) is 8.13. The van der Waals surface area contributed by atoms with Crippen LogP contribution in [0.2, 0.25) is 0 Å². The predicted molar refractivity (Wildman–Crippen MR) is 160 cm³/mol. The van der Waals surface area contributed by atoms with Crippen LogP contribution in [0.4, 0.5) is 27.9 Å². The van der Waals surface area contributed by atoms with Crippen LogP contribution in [0.15, 0.2) is 73.4 Å². The molecule has 2 saturated heterocycles. The number of carbonyl (C=O) groups excluding carboxylic acids is 2. The summed E-state index contributed by atoms with van der Waals surface area (Å²) in [5, 5.41) is 3.33. The number of hydrogen-bond donors (Lipinski definition) is 1. The molecular formula is C31H36N8O2. The largest absolute Gasteiger partial charge is 0.369 e. The van der Waals surface area contributed by atoms with Gasteiger partial charge in [-0.2, -0.15) is 4.98 Å². The number of amides is 3. The number of rotatable bonds is 7. The van der Waals surface area contributed by atoms with Crippen LogP contribution >= 0.6 is 0 Å². The van der Waals surface area contributed by atoms with Gasteiger partial charge < -0.3 is 24.9 Å². The molecule has 3 amide bonds. The van der Waals surface area contributed by atoms with E-state index >= 15 is 0 Å². The van der Waals surface area contributed by atoms with E-state index in [0.29, 0.717) is 44.4 Å². The number of fused-ring (bicyclic) bond motifs is 1. The number of nitrogens with zero attached hydrogens (tertiary/aromatic N) is 7. The van der Waals surface area contributed by atoms with Gasteiger partial charge in [-0.3, -0.25) is 9.69 Å². The number of urea groups is 1. The third-order valence-electron chi connectivity index (χ3n) is 8.13. The zero-order valence-electron chi connectivity index (χ0n) is 23.4. The minimum Gasteiger partial charge on any atom is -0.369 e. The maximum absolute atomic E-state index is 13.9. The molecule has 6 rings (SSSR count). The topological polar surface area (TPSA) is 88.1 Å². The van der Waals surface area contributed by atoms with Gasteiger partial charge in [0, 0.05) is 68.9 Å². The number of anilines is 4. The molecule has 10 heteroatoms. The molecule has 1 aromatic heterocycles. The van der Waals surface area contributed by atoms with Crippen LogP contribution in [-0.4, -0.2) is 89.0 Å². The van der Waals surface area contributed by atoms with Gasteiger partial charge in [0.1, 0.15) is 5.82 Å². The Morgan fingerprint density at radius 1 is 1.05 bits per heavy atom. The van der Waals surface area contributed by atoms with Crippen molar-refractivity contribution in [2.75, 3.05) is 61.4 Å². The lowest BCUT2D eigenvalue weighted by molar-refractivity contribution is -0.125. The molecule has 0 saturated carbocycles. The van der Waals surface area contributed by atoms with Gasteiger partial charge >= 0.3 is 6.03 Å². The zero-order valence-corrected chi connectivity index (χ0v) is 23.4. The van der Waals surface area contributed by atoms with Gasteiger partial charge in [0.15, 0.2) is 0 Å². The molecule has 3 aromatic rings. The third kappa shape index (κ3) is 5.74. The molecular weight excluding hydrogens is 516 g/mol. The Labute approximate surface area is 240 Å². The number of aromatic nitrogens is 2. The molecule has 0 unspecified atom stereocenters. The predicted octanol–water partition coefficient (Wildman–Crippen LogP) is 3.70. The lowest BCUT2D eigenvalue weighted by Gasteiger charge is -2.39.